The summed E-state index contributed by atoms with van der Waals surface area (Å²) in [5, 5.41) is 3.21. The lowest BCUT2D eigenvalue weighted by Gasteiger charge is -2.22. The van der Waals surface area contributed by atoms with Gasteiger partial charge in [0.2, 0.25) is 17.7 Å². The highest BCUT2D eigenvalue weighted by atomic mass is 16.5. The van der Waals surface area contributed by atoms with Crippen LogP contribution in [0.15, 0.2) is 36.4 Å². The Morgan fingerprint density at radius 1 is 1.16 bits per heavy atom. The molecule has 2 fully saturated rings. The van der Waals surface area contributed by atoms with Crippen molar-refractivity contribution in [3.05, 3.63) is 42.0 Å². The van der Waals surface area contributed by atoms with E-state index in [1.54, 1.807) is 24.3 Å². The second-order valence-electron chi connectivity index (χ2n) is 8.20. The number of methoxy groups -OCH3 is 1. The van der Waals surface area contributed by atoms with Crippen LogP contribution in [0.3, 0.4) is 0 Å². The molecule has 10 heteroatoms. The number of benzene rings is 1. The predicted molar refractivity (Wildman–Crippen MR) is 111 cm³/mol. The van der Waals surface area contributed by atoms with Crippen LogP contribution < -0.4 is 15.5 Å². The van der Waals surface area contributed by atoms with Gasteiger partial charge in [-0.25, -0.2) is 4.79 Å². The smallest absolute Gasteiger partial charge is 0.344 e. The molecule has 10 nitrogen and oxygen atoms in total. The van der Waals surface area contributed by atoms with E-state index in [9.17, 15) is 24.0 Å². The van der Waals surface area contributed by atoms with Gasteiger partial charge in [0.15, 0.2) is 0 Å². The Bertz CT molecular complexity index is 1010. The summed E-state index contributed by atoms with van der Waals surface area (Å²) in [6.45, 7) is 1.43. The van der Waals surface area contributed by atoms with Crippen molar-refractivity contribution in [2.45, 2.75) is 31.7 Å². The molecule has 6 amide bonds. The molecular formula is C22H24N4O6. The lowest BCUT2D eigenvalue weighted by molar-refractivity contribution is -0.142. The maximum atomic E-state index is 13.0. The third-order valence-electron chi connectivity index (χ3n) is 6.24. The molecule has 4 rings (SSSR count). The minimum absolute atomic E-state index is 0.104. The third-order valence-corrected chi connectivity index (χ3v) is 6.24. The largest absolute Gasteiger partial charge is 0.497 e. The molecule has 1 aromatic rings. The van der Waals surface area contributed by atoms with Gasteiger partial charge in [0.05, 0.1) is 18.9 Å². The fourth-order valence-corrected chi connectivity index (χ4v) is 4.35. The van der Waals surface area contributed by atoms with Gasteiger partial charge >= 0.3 is 6.03 Å². The van der Waals surface area contributed by atoms with Crippen LogP contribution >= 0.6 is 0 Å². The third kappa shape index (κ3) is 3.51. The van der Waals surface area contributed by atoms with Gasteiger partial charge in [-0.05, 0) is 37.5 Å². The number of hydrazine groups is 1. The van der Waals surface area contributed by atoms with Crippen LogP contribution in [0.4, 0.5) is 4.79 Å². The van der Waals surface area contributed by atoms with Crippen molar-refractivity contribution in [2.75, 3.05) is 13.7 Å². The number of allylic oxidation sites excluding steroid dienone is 2. The summed E-state index contributed by atoms with van der Waals surface area (Å²) in [5.74, 6) is -2.10. The predicted octanol–water partition coefficient (Wildman–Crippen LogP) is 0.835. The number of imide groups is 2. The van der Waals surface area contributed by atoms with E-state index in [4.69, 9.17) is 4.74 Å². The van der Waals surface area contributed by atoms with Gasteiger partial charge < -0.3 is 10.1 Å². The van der Waals surface area contributed by atoms with Crippen LogP contribution in [0.25, 0.3) is 0 Å². The van der Waals surface area contributed by atoms with Gasteiger partial charge in [0.1, 0.15) is 11.3 Å². The molecule has 1 aromatic carbocycles. The zero-order chi connectivity index (χ0) is 23.0. The molecule has 168 valence electrons. The highest BCUT2D eigenvalue weighted by Gasteiger charge is 2.50. The Hall–Kier alpha value is -3.69. The van der Waals surface area contributed by atoms with E-state index in [2.05, 4.69) is 10.7 Å². The van der Waals surface area contributed by atoms with E-state index in [0.717, 1.165) is 4.90 Å². The molecule has 32 heavy (non-hydrogen) atoms. The average molecular weight is 440 g/mol. The summed E-state index contributed by atoms with van der Waals surface area (Å²) in [5.41, 5.74) is 1.40. The summed E-state index contributed by atoms with van der Waals surface area (Å²) in [6, 6.07) is 5.92. The summed E-state index contributed by atoms with van der Waals surface area (Å²) in [4.78, 5) is 64.0. The quantitative estimate of drug-likeness (QED) is 0.384. The van der Waals surface area contributed by atoms with E-state index in [-0.39, 0.29) is 36.6 Å². The Kier molecular flexibility index (Phi) is 5.45. The minimum Gasteiger partial charge on any atom is -0.497 e. The van der Waals surface area contributed by atoms with Gasteiger partial charge in [-0.2, -0.15) is 5.01 Å². The number of likely N-dealkylation sites (tertiary alicyclic amines) is 1. The number of fused-ring (bicyclic) bond motifs is 1. The molecule has 2 heterocycles. The molecule has 2 saturated heterocycles. The lowest BCUT2D eigenvalue weighted by atomic mass is 9.85. The second kappa shape index (κ2) is 8.10. The van der Waals surface area contributed by atoms with Crippen molar-refractivity contribution in [1.82, 2.24) is 20.7 Å². The maximum absolute atomic E-state index is 13.0. The van der Waals surface area contributed by atoms with Gasteiger partial charge in [-0.3, -0.25) is 29.5 Å². The molecule has 0 radical (unpaired) electrons. The monoisotopic (exact) mass is 440 g/mol. The number of carbonyl (C=O) groups is 5. The first kappa shape index (κ1) is 21.5. The molecule has 2 aliphatic heterocycles. The normalized spacial score (nSPS) is 26.9. The summed E-state index contributed by atoms with van der Waals surface area (Å²) < 4.78 is 5.18. The van der Waals surface area contributed by atoms with Gasteiger partial charge in [0, 0.05) is 13.0 Å². The Labute approximate surface area is 184 Å². The maximum Gasteiger partial charge on any atom is 0.344 e. The molecule has 0 saturated carbocycles. The topological polar surface area (TPSA) is 125 Å². The number of amides is 6. The molecule has 3 atom stereocenters. The number of rotatable bonds is 6. The van der Waals surface area contributed by atoms with Crippen LogP contribution in [0.2, 0.25) is 0 Å². The van der Waals surface area contributed by atoms with Crippen LogP contribution in [0, 0.1) is 11.8 Å². The zero-order valence-electron chi connectivity index (χ0n) is 17.8. The van der Waals surface area contributed by atoms with E-state index >= 15 is 0 Å². The van der Waals surface area contributed by atoms with E-state index in [1.165, 1.54) is 14.0 Å². The van der Waals surface area contributed by atoms with Crippen molar-refractivity contribution in [3.63, 3.8) is 0 Å². The standard InChI is InChI=1S/C22H24N4O6/c1-22(13-6-5-7-14(12-13)32-2)20(30)26(21(31)23-22)24-17(27)10-11-25-18(28)15-8-3-4-9-16(15)19(25)29/h3-7,12,15-16H,8-11H2,1-2H3,(H,23,31)(H,24,27). The molecule has 0 bridgehead atoms. The van der Waals surface area contributed by atoms with Crippen LogP contribution in [-0.4, -0.2) is 53.2 Å². The summed E-state index contributed by atoms with van der Waals surface area (Å²) in [7, 11) is 1.49. The lowest BCUT2D eigenvalue weighted by Crippen LogP contribution is -2.48. The van der Waals surface area contributed by atoms with Gasteiger partial charge in [-0.1, -0.05) is 24.3 Å². The molecule has 0 aromatic heterocycles. The average Bonchev–Trinajstić information content (AvgIpc) is 3.17. The number of carbonyl (C=O) groups excluding carboxylic acids is 5. The van der Waals surface area contributed by atoms with Gasteiger partial charge in [-0.15, -0.1) is 0 Å². The van der Waals surface area contributed by atoms with Crippen molar-refractivity contribution in [1.29, 1.82) is 0 Å². The first-order chi connectivity index (χ1) is 15.3. The van der Waals surface area contributed by atoms with E-state index in [0.29, 0.717) is 29.2 Å². The molecule has 1 aliphatic carbocycles. The fraction of sp³-hybridized carbons (Fsp3) is 0.409. The summed E-state index contributed by atoms with van der Waals surface area (Å²) in [6.07, 6.45) is 4.59. The van der Waals surface area contributed by atoms with Crippen LogP contribution in [0.1, 0.15) is 31.7 Å². The Morgan fingerprint density at radius 3 is 2.44 bits per heavy atom. The molecule has 2 N–H and O–H groups in total. The van der Waals surface area contributed by atoms with Crippen molar-refractivity contribution < 1.29 is 28.7 Å². The fourth-order valence-electron chi connectivity index (χ4n) is 4.35. The first-order valence-corrected chi connectivity index (χ1v) is 10.4. The highest BCUT2D eigenvalue weighted by Crippen LogP contribution is 2.35. The summed E-state index contributed by atoms with van der Waals surface area (Å²) >= 11 is 0. The number of urea groups is 1. The van der Waals surface area contributed by atoms with Gasteiger partial charge in [0.25, 0.3) is 5.91 Å². The van der Waals surface area contributed by atoms with E-state index < -0.39 is 23.4 Å². The molecule has 0 spiro atoms. The number of hydrogen-bond donors (Lipinski definition) is 2. The van der Waals surface area contributed by atoms with Crippen molar-refractivity contribution >= 4 is 29.7 Å². The van der Waals surface area contributed by atoms with E-state index in [1.807, 2.05) is 12.2 Å². The first-order valence-electron chi connectivity index (χ1n) is 10.4. The van der Waals surface area contributed by atoms with Crippen molar-refractivity contribution in [2.24, 2.45) is 11.8 Å². The molecule has 3 unspecified atom stereocenters. The number of nitrogens with zero attached hydrogens (tertiary/aromatic N) is 2. The van der Waals surface area contributed by atoms with Crippen LogP contribution in [0.5, 0.6) is 5.75 Å². The number of hydrogen-bond acceptors (Lipinski definition) is 6. The number of nitrogens with one attached hydrogen (secondary N) is 2. The molecule has 3 aliphatic rings. The second-order valence-corrected chi connectivity index (χ2v) is 8.20. The molecular weight excluding hydrogens is 416 g/mol. The highest BCUT2D eigenvalue weighted by molar-refractivity contribution is 6.08. The van der Waals surface area contributed by atoms with Crippen molar-refractivity contribution in [3.8, 4) is 5.75 Å². The Balaban J connectivity index is 1.39. The zero-order valence-corrected chi connectivity index (χ0v) is 17.8. The number of ether oxygens (including phenoxy) is 1. The minimum atomic E-state index is -1.39. The van der Waals surface area contributed by atoms with Crippen LogP contribution in [-0.2, 0) is 24.7 Å². The Morgan fingerprint density at radius 2 is 1.81 bits per heavy atom. The SMILES string of the molecule is COc1cccc(C2(C)NC(=O)N(NC(=O)CCN3C(=O)C4CC=CCC4C3=O)C2=O)c1.